The van der Waals surface area contributed by atoms with Crippen LogP contribution in [0.4, 0.5) is 5.69 Å². The Morgan fingerprint density at radius 3 is 3.22 bits per heavy atom. The Morgan fingerprint density at radius 1 is 1.67 bits per heavy atom. The van der Waals surface area contributed by atoms with Crippen LogP contribution in [0.2, 0.25) is 0 Å². The highest BCUT2D eigenvalue weighted by atomic mass is 16.1. The van der Waals surface area contributed by atoms with Gasteiger partial charge in [-0.3, -0.25) is 9.78 Å². The molecule has 5 nitrogen and oxygen atoms in total. The third-order valence-electron chi connectivity index (χ3n) is 3.28. The van der Waals surface area contributed by atoms with Crippen molar-refractivity contribution in [2.45, 2.75) is 25.8 Å². The highest BCUT2D eigenvalue weighted by molar-refractivity contribution is 5.91. The van der Waals surface area contributed by atoms with Gasteiger partial charge in [0.05, 0.1) is 0 Å². The number of hydrogen-bond acceptors (Lipinski definition) is 4. The molecular weight excluding hydrogens is 228 g/mol. The molecule has 1 aromatic rings. The Hall–Kier alpha value is -1.62. The zero-order chi connectivity index (χ0) is 13.0. The first-order valence-electron chi connectivity index (χ1n) is 6.45. The summed E-state index contributed by atoms with van der Waals surface area (Å²) in [7, 11) is 0. The fourth-order valence-electron chi connectivity index (χ4n) is 2.42. The van der Waals surface area contributed by atoms with Gasteiger partial charge in [0.1, 0.15) is 5.69 Å². The van der Waals surface area contributed by atoms with Crippen molar-refractivity contribution in [1.29, 1.82) is 0 Å². The van der Waals surface area contributed by atoms with E-state index in [0.717, 1.165) is 31.7 Å². The average Bonchev–Trinajstić information content (AvgIpc) is 2.39. The third-order valence-corrected chi connectivity index (χ3v) is 3.28. The molecule has 0 aromatic carbocycles. The van der Waals surface area contributed by atoms with Gasteiger partial charge in [0.15, 0.2) is 0 Å². The number of pyridine rings is 1. The smallest absolute Gasteiger partial charge is 0.267 e. The predicted molar refractivity (Wildman–Crippen MR) is 71.7 cm³/mol. The van der Waals surface area contributed by atoms with E-state index in [4.69, 9.17) is 5.73 Å². The average molecular weight is 248 g/mol. The molecule has 2 rings (SSSR count). The van der Waals surface area contributed by atoms with Gasteiger partial charge in [-0.25, -0.2) is 0 Å². The molecule has 0 aliphatic carbocycles. The molecule has 1 aliphatic heterocycles. The SMILES string of the molecule is CCNC1CCCN(c2ccnc(C(N)=O)c2)C1. The highest BCUT2D eigenvalue weighted by Gasteiger charge is 2.19. The largest absolute Gasteiger partial charge is 0.370 e. The van der Waals surface area contributed by atoms with E-state index in [9.17, 15) is 4.79 Å². The summed E-state index contributed by atoms with van der Waals surface area (Å²) in [4.78, 5) is 17.4. The number of aromatic nitrogens is 1. The molecule has 18 heavy (non-hydrogen) atoms. The molecule has 0 saturated carbocycles. The van der Waals surface area contributed by atoms with Gasteiger partial charge in [0.2, 0.25) is 0 Å². The Kier molecular flexibility index (Phi) is 4.15. The standard InChI is InChI=1S/C13H20N4O/c1-2-15-10-4-3-7-17(9-10)11-5-6-16-12(8-11)13(14)18/h5-6,8,10,15H,2-4,7,9H2,1H3,(H2,14,18). The first-order chi connectivity index (χ1) is 8.70. The van der Waals surface area contributed by atoms with E-state index in [1.165, 1.54) is 6.42 Å². The minimum absolute atomic E-state index is 0.332. The van der Waals surface area contributed by atoms with Crippen LogP contribution in [-0.2, 0) is 0 Å². The molecule has 3 N–H and O–H groups in total. The number of nitrogens with two attached hydrogens (primary N) is 1. The molecule has 0 spiro atoms. The van der Waals surface area contributed by atoms with Gasteiger partial charge in [-0.15, -0.1) is 0 Å². The van der Waals surface area contributed by atoms with Gasteiger partial charge < -0.3 is 16.0 Å². The summed E-state index contributed by atoms with van der Waals surface area (Å²) >= 11 is 0. The van der Waals surface area contributed by atoms with Crippen LogP contribution in [0.3, 0.4) is 0 Å². The monoisotopic (exact) mass is 248 g/mol. The molecular formula is C13H20N4O. The van der Waals surface area contributed by atoms with Gasteiger partial charge in [-0.2, -0.15) is 0 Å². The molecule has 0 bridgehead atoms. The van der Waals surface area contributed by atoms with Gasteiger partial charge in [-0.05, 0) is 31.5 Å². The molecule has 1 fully saturated rings. The maximum Gasteiger partial charge on any atom is 0.267 e. The van der Waals surface area contributed by atoms with Crippen molar-refractivity contribution in [3.8, 4) is 0 Å². The topological polar surface area (TPSA) is 71.2 Å². The molecule has 1 saturated heterocycles. The number of rotatable bonds is 4. The molecule has 1 atom stereocenters. The number of nitrogens with zero attached hydrogens (tertiary/aromatic N) is 2. The fraction of sp³-hybridized carbons (Fsp3) is 0.538. The number of amides is 1. The van der Waals surface area contributed by atoms with E-state index in [1.807, 2.05) is 6.07 Å². The maximum atomic E-state index is 11.1. The number of hydrogen-bond donors (Lipinski definition) is 2. The summed E-state index contributed by atoms with van der Waals surface area (Å²) in [5.41, 5.74) is 6.62. The number of primary amides is 1. The Labute approximate surface area is 107 Å². The minimum Gasteiger partial charge on any atom is -0.370 e. The van der Waals surface area contributed by atoms with E-state index < -0.39 is 5.91 Å². The van der Waals surface area contributed by atoms with Crippen molar-refractivity contribution in [3.05, 3.63) is 24.0 Å². The quantitative estimate of drug-likeness (QED) is 0.825. The van der Waals surface area contributed by atoms with Crippen LogP contribution in [0.25, 0.3) is 0 Å². The third kappa shape index (κ3) is 2.98. The number of likely N-dealkylation sites (N-methyl/N-ethyl adjacent to an activating group) is 1. The number of anilines is 1. The summed E-state index contributed by atoms with van der Waals surface area (Å²) in [5.74, 6) is -0.475. The van der Waals surface area contributed by atoms with Gasteiger partial charge in [0.25, 0.3) is 5.91 Å². The van der Waals surface area contributed by atoms with Crippen molar-refractivity contribution in [2.24, 2.45) is 5.73 Å². The molecule has 0 radical (unpaired) electrons. The van der Waals surface area contributed by atoms with Crippen molar-refractivity contribution in [3.63, 3.8) is 0 Å². The summed E-state index contributed by atoms with van der Waals surface area (Å²) in [6, 6.07) is 4.23. The van der Waals surface area contributed by atoms with Crippen molar-refractivity contribution >= 4 is 11.6 Å². The zero-order valence-electron chi connectivity index (χ0n) is 10.7. The highest BCUT2D eigenvalue weighted by Crippen LogP contribution is 2.20. The summed E-state index contributed by atoms with van der Waals surface area (Å²) in [6.45, 7) is 5.10. The van der Waals surface area contributed by atoms with Crippen LogP contribution in [0.1, 0.15) is 30.3 Å². The molecule has 98 valence electrons. The maximum absolute atomic E-state index is 11.1. The summed E-state index contributed by atoms with van der Waals surface area (Å²) < 4.78 is 0. The van der Waals surface area contributed by atoms with E-state index in [1.54, 1.807) is 12.3 Å². The predicted octanol–water partition coefficient (Wildman–Crippen LogP) is 0.759. The molecule has 5 heteroatoms. The lowest BCUT2D eigenvalue weighted by Gasteiger charge is -2.34. The van der Waals surface area contributed by atoms with Crippen LogP contribution in [0.5, 0.6) is 0 Å². The number of carbonyl (C=O) groups excluding carboxylic acids is 1. The lowest BCUT2D eigenvalue weighted by molar-refractivity contribution is 0.0995. The van der Waals surface area contributed by atoms with Crippen molar-refractivity contribution < 1.29 is 4.79 Å². The Bertz CT molecular complexity index is 419. The molecule has 1 aromatic heterocycles. The number of nitrogens with one attached hydrogen (secondary N) is 1. The first kappa shape index (κ1) is 12.8. The van der Waals surface area contributed by atoms with Crippen LogP contribution in [0.15, 0.2) is 18.3 Å². The molecule has 2 heterocycles. The van der Waals surface area contributed by atoms with Crippen molar-refractivity contribution in [2.75, 3.05) is 24.5 Å². The van der Waals surface area contributed by atoms with Crippen LogP contribution < -0.4 is 16.0 Å². The van der Waals surface area contributed by atoms with E-state index in [2.05, 4.69) is 22.1 Å². The van der Waals surface area contributed by atoms with Gasteiger partial charge >= 0.3 is 0 Å². The lowest BCUT2D eigenvalue weighted by Crippen LogP contribution is -2.45. The fourth-order valence-corrected chi connectivity index (χ4v) is 2.42. The van der Waals surface area contributed by atoms with Crippen LogP contribution >= 0.6 is 0 Å². The number of carbonyl (C=O) groups is 1. The molecule has 1 aliphatic rings. The Morgan fingerprint density at radius 2 is 2.50 bits per heavy atom. The number of piperidine rings is 1. The second-order valence-corrected chi connectivity index (χ2v) is 4.61. The second-order valence-electron chi connectivity index (χ2n) is 4.61. The van der Waals surface area contributed by atoms with E-state index in [0.29, 0.717) is 11.7 Å². The van der Waals surface area contributed by atoms with Crippen molar-refractivity contribution in [1.82, 2.24) is 10.3 Å². The summed E-state index contributed by atoms with van der Waals surface area (Å²) in [6.07, 6.45) is 4.01. The van der Waals surface area contributed by atoms with Crippen LogP contribution in [-0.4, -0.2) is 36.6 Å². The second kappa shape index (κ2) is 5.82. The van der Waals surface area contributed by atoms with Crippen LogP contribution in [0, 0.1) is 0 Å². The molecule has 1 unspecified atom stereocenters. The molecule has 1 amide bonds. The van der Waals surface area contributed by atoms with E-state index in [-0.39, 0.29) is 0 Å². The zero-order valence-corrected chi connectivity index (χ0v) is 10.7. The normalized spacial score (nSPS) is 19.8. The lowest BCUT2D eigenvalue weighted by atomic mass is 10.0. The van der Waals surface area contributed by atoms with Gasteiger partial charge in [0, 0.05) is 31.0 Å². The first-order valence-corrected chi connectivity index (χ1v) is 6.45. The Balaban J connectivity index is 2.10. The van der Waals surface area contributed by atoms with Gasteiger partial charge in [-0.1, -0.05) is 6.92 Å². The summed E-state index contributed by atoms with van der Waals surface area (Å²) in [5, 5.41) is 3.47. The minimum atomic E-state index is -0.475. The van der Waals surface area contributed by atoms with E-state index >= 15 is 0 Å².